The molecule has 204 valence electrons. The summed E-state index contributed by atoms with van der Waals surface area (Å²) in [6, 6.07) is 10.2. The molecule has 5 atom stereocenters. The van der Waals surface area contributed by atoms with Gasteiger partial charge in [0.15, 0.2) is 5.44 Å². The predicted molar refractivity (Wildman–Crippen MR) is 144 cm³/mol. The first-order valence-corrected chi connectivity index (χ1v) is 13.6. The molecule has 2 amide bonds. The zero-order valence-corrected chi connectivity index (χ0v) is 22.1. The third kappa shape index (κ3) is 7.99. The third-order valence-electron chi connectivity index (χ3n) is 6.42. The van der Waals surface area contributed by atoms with Gasteiger partial charge in [0.2, 0.25) is 0 Å². The van der Waals surface area contributed by atoms with Gasteiger partial charge in [0.1, 0.15) is 23.7 Å². The second-order valence-electron chi connectivity index (χ2n) is 9.37. The van der Waals surface area contributed by atoms with E-state index in [0.717, 1.165) is 54.1 Å². The third-order valence-corrected chi connectivity index (χ3v) is 7.84. The van der Waals surface area contributed by atoms with Crippen molar-refractivity contribution in [2.75, 3.05) is 18.5 Å². The van der Waals surface area contributed by atoms with Crippen molar-refractivity contribution in [3.63, 3.8) is 0 Å². The van der Waals surface area contributed by atoms with Gasteiger partial charge in [-0.05, 0) is 42.7 Å². The zero-order chi connectivity index (χ0) is 26.9. The first-order valence-electron chi connectivity index (χ1n) is 12.7. The van der Waals surface area contributed by atoms with Gasteiger partial charge in [-0.25, -0.2) is 4.79 Å². The van der Waals surface area contributed by atoms with E-state index in [1.165, 1.54) is 6.07 Å². The number of thioether (sulfide) groups is 1. The Bertz CT molecular complexity index is 1020. The molecule has 10 heteroatoms. The second-order valence-corrected chi connectivity index (χ2v) is 10.7. The van der Waals surface area contributed by atoms with Crippen molar-refractivity contribution in [1.82, 2.24) is 5.32 Å². The van der Waals surface area contributed by atoms with Crippen LogP contribution in [0.3, 0.4) is 0 Å². The van der Waals surface area contributed by atoms with Crippen LogP contribution in [0.25, 0.3) is 0 Å². The number of carbonyl (C=O) groups excluding carboxylic acids is 1. The molecular weight excluding hydrogens is 496 g/mol. The van der Waals surface area contributed by atoms with Gasteiger partial charge in [-0.2, -0.15) is 0 Å². The number of anilines is 1. The number of unbranched alkanes of at least 4 members (excludes halogenated alkanes) is 3. The van der Waals surface area contributed by atoms with Crippen molar-refractivity contribution in [2.45, 2.75) is 74.9 Å². The molecule has 3 rings (SSSR count). The van der Waals surface area contributed by atoms with Crippen LogP contribution in [0.15, 0.2) is 36.4 Å². The van der Waals surface area contributed by atoms with Crippen molar-refractivity contribution >= 4 is 23.5 Å². The molecule has 37 heavy (non-hydrogen) atoms. The highest BCUT2D eigenvalue weighted by molar-refractivity contribution is 8.00. The number of hydrogen-bond acceptors (Lipinski definition) is 8. The number of urea groups is 1. The van der Waals surface area contributed by atoms with Crippen LogP contribution in [-0.4, -0.2) is 73.7 Å². The first-order chi connectivity index (χ1) is 17.7. The van der Waals surface area contributed by atoms with Crippen LogP contribution in [0.5, 0.6) is 11.5 Å². The zero-order valence-electron chi connectivity index (χ0n) is 21.3. The molecule has 0 aromatic heterocycles. The molecule has 1 aliphatic heterocycles. The Kier molecular flexibility index (Phi) is 10.9. The van der Waals surface area contributed by atoms with Crippen LogP contribution in [0, 0.1) is 6.92 Å². The van der Waals surface area contributed by atoms with Crippen molar-refractivity contribution in [3.05, 3.63) is 53.1 Å². The predicted octanol–water partition coefficient (Wildman–Crippen LogP) is 2.89. The number of hydrogen-bond donors (Lipinski definition) is 7. The highest BCUT2D eigenvalue weighted by Crippen LogP contribution is 2.37. The number of phenolic OH excluding ortho intramolecular Hbond substituents is 1. The summed E-state index contributed by atoms with van der Waals surface area (Å²) in [5.74, 6) is 0.324. The Labute approximate surface area is 221 Å². The minimum absolute atomic E-state index is 0.00825. The van der Waals surface area contributed by atoms with E-state index in [9.17, 15) is 30.3 Å². The van der Waals surface area contributed by atoms with Crippen LogP contribution in [0.1, 0.15) is 49.3 Å². The minimum Gasteiger partial charge on any atom is -0.508 e. The van der Waals surface area contributed by atoms with Gasteiger partial charge in [0.05, 0.1) is 18.0 Å². The van der Waals surface area contributed by atoms with Crippen LogP contribution in [-0.2, 0) is 6.42 Å². The number of nitrogens with one attached hydrogen (secondary N) is 2. The number of carbonyl (C=O) groups is 1. The molecule has 2 aromatic carbocycles. The maximum Gasteiger partial charge on any atom is 0.319 e. The largest absolute Gasteiger partial charge is 0.508 e. The molecule has 2 aromatic rings. The lowest BCUT2D eigenvalue weighted by Gasteiger charge is -2.39. The van der Waals surface area contributed by atoms with E-state index in [2.05, 4.69) is 17.6 Å². The highest BCUT2D eigenvalue weighted by Gasteiger charge is 2.44. The van der Waals surface area contributed by atoms with Gasteiger partial charge in [0.25, 0.3) is 0 Å². The number of benzene rings is 2. The Morgan fingerprint density at radius 2 is 1.76 bits per heavy atom. The average molecular weight is 535 g/mol. The van der Waals surface area contributed by atoms with Crippen LogP contribution < -0.4 is 15.4 Å². The van der Waals surface area contributed by atoms with Crippen molar-refractivity contribution in [1.29, 1.82) is 0 Å². The standard InChI is InChI=1S/C27H38N2O7S/c1-3-4-5-6-11-28-27(35)29-18-9-7-17(8-10-18)13-20-16(2)12-19(31)14-21(20)36-26-25(34)24(33)23(32)22(15-30)37-26/h7-10,12,14,22-26,30-34H,3-6,11,13,15H2,1-2H3,(H2,28,29,35)/t22-,23-,24+,25-,26-/m1/s1. The van der Waals surface area contributed by atoms with Gasteiger partial charge in [0, 0.05) is 30.3 Å². The summed E-state index contributed by atoms with van der Waals surface area (Å²) in [6.45, 7) is 4.22. The summed E-state index contributed by atoms with van der Waals surface area (Å²) in [5, 5.41) is 55.4. The molecule has 9 nitrogen and oxygen atoms in total. The van der Waals surface area contributed by atoms with E-state index in [1.54, 1.807) is 6.07 Å². The average Bonchev–Trinajstić information content (AvgIpc) is 2.87. The number of aromatic hydroxyl groups is 1. The SMILES string of the molecule is CCCCCCNC(=O)Nc1ccc(Cc2c(C)cc(O)cc2O[C@@H]2S[C@H](CO)[C@@H](O)[C@H](O)[C@H]2O)cc1. The molecular formula is C27H38N2O7S. The lowest BCUT2D eigenvalue weighted by atomic mass is 9.98. The van der Waals surface area contributed by atoms with Crippen LogP contribution >= 0.6 is 11.8 Å². The Morgan fingerprint density at radius 1 is 1.03 bits per heavy atom. The van der Waals surface area contributed by atoms with E-state index in [-0.39, 0.29) is 11.8 Å². The molecule has 0 bridgehead atoms. The number of ether oxygens (including phenoxy) is 1. The first kappa shape index (κ1) is 29.1. The van der Waals surface area contributed by atoms with Crippen LogP contribution in [0.4, 0.5) is 10.5 Å². The van der Waals surface area contributed by atoms with Crippen molar-refractivity contribution in [2.24, 2.45) is 0 Å². The molecule has 0 radical (unpaired) electrons. The van der Waals surface area contributed by atoms with Crippen molar-refractivity contribution < 1.29 is 35.1 Å². The summed E-state index contributed by atoms with van der Waals surface area (Å²) in [7, 11) is 0. The monoisotopic (exact) mass is 534 g/mol. The molecule has 1 heterocycles. The molecule has 1 saturated heterocycles. The number of aliphatic hydroxyl groups excluding tert-OH is 4. The number of aryl methyl sites for hydroxylation is 1. The van der Waals surface area contributed by atoms with Gasteiger partial charge in [-0.1, -0.05) is 38.3 Å². The molecule has 7 N–H and O–H groups in total. The summed E-state index contributed by atoms with van der Waals surface area (Å²) < 4.78 is 6.03. The molecule has 0 spiro atoms. The summed E-state index contributed by atoms with van der Waals surface area (Å²) in [6.07, 6.45) is 0.657. The Balaban J connectivity index is 1.67. The fourth-order valence-corrected chi connectivity index (χ4v) is 5.46. The quantitative estimate of drug-likeness (QED) is 0.217. The minimum atomic E-state index is -1.47. The van der Waals surface area contributed by atoms with Gasteiger partial charge in [-0.15, -0.1) is 11.8 Å². The Morgan fingerprint density at radius 3 is 2.43 bits per heavy atom. The normalized spacial score (nSPS) is 23.5. The summed E-state index contributed by atoms with van der Waals surface area (Å²) in [5.41, 5.74) is 2.19. The van der Waals surface area contributed by atoms with Gasteiger partial charge < -0.3 is 40.9 Å². The molecule has 1 aliphatic rings. The number of amides is 2. The summed E-state index contributed by atoms with van der Waals surface area (Å²) in [4.78, 5) is 12.1. The lowest BCUT2D eigenvalue weighted by Crippen LogP contribution is -2.55. The molecule has 0 saturated carbocycles. The number of rotatable bonds is 11. The maximum absolute atomic E-state index is 12.1. The second kappa shape index (κ2) is 13.9. The molecule has 0 aliphatic carbocycles. The van der Waals surface area contributed by atoms with Crippen molar-refractivity contribution in [3.8, 4) is 11.5 Å². The number of aliphatic hydroxyl groups is 4. The number of phenols is 1. The van der Waals surface area contributed by atoms with Crippen LogP contribution in [0.2, 0.25) is 0 Å². The van der Waals surface area contributed by atoms with E-state index >= 15 is 0 Å². The smallest absolute Gasteiger partial charge is 0.319 e. The van der Waals surface area contributed by atoms with Gasteiger partial charge >= 0.3 is 6.03 Å². The maximum atomic E-state index is 12.1. The summed E-state index contributed by atoms with van der Waals surface area (Å²) >= 11 is 1.03. The molecule has 1 fully saturated rings. The fourth-order valence-electron chi connectivity index (χ4n) is 4.23. The topological polar surface area (TPSA) is 152 Å². The van der Waals surface area contributed by atoms with Gasteiger partial charge in [-0.3, -0.25) is 0 Å². The van der Waals surface area contributed by atoms with E-state index in [4.69, 9.17) is 4.74 Å². The highest BCUT2D eigenvalue weighted by atomic mass is 32.2. The van der Waals surface area contributed by atoms with E-state index in [0.29, 0.717) is 24.4 Å². The molecule has 0 unspecified atom stereocenters. The fraction of sp³-hybridized carbons (Fsp3) is 0.519. The van der Waals surface area contributed by atoms with E-state index < -0.39 is 35.6 Å². The lowest BCUT2D eigenvalue weighted by molar-refractivity contribution is -0.0910. The van der Waals surface area contributed by atoms with E-state index in [1.807, 2.05) is 31.2 Å². The Hall–Kier alpha value is -2.50.